The molecule has 0 bridgehead atoms. The Morgan fingerprint density at radius 1 is 1.25 bits per heavy atom. The van der Waals surface area contributed by atoms with Gasteiger partial charge in [0.15, 0.2) is 0 Å². The fourth-order valence-electron chi connectivity index (χ4n) is 5.08. The van der Waals surface area contributed by atoms with Crippen LogP contribution in [-0.4, -0.2) is 59.8 Å². The average molecular weight is 386 g/mol. The third kappa shape index (κ3) is 4.36. The molecule has 0 saturated carbocycles. The number of fused-ring (bicyclic) bond motifs is 2. The molecule has 0 radical (unpaired) electrons. The van der Waals surface area contributed by atoms with E-state index in [0.717, 1.165) is 32.4 Å². The van der Waals surface area contributed by atoms with E-state index in [-0.39, 0.29) is 12.1 Å². The first kappa shape index (κ1) is 19.7. The number of benzene rings is 1. The van der Waals surface area contributed by atoms with E-state index >= 15 is 0 Å². The minimum Gasteiger partial charge on any atom is -0.444 e. The molecule has 3 atom stereocenters. The molecule has 3 aliphatic rings. The molecule has 0 spiro atoms. The average Bonchev–Trinajstić information content (AvgIpc) is 3.12. The second kappa shape index (κ2) is 8.03. The van der Waals surface area contributed by atoms with Gasteiger partial charge in [0.2, 0.25) is 0 Å². The maximum Gasteiger partial charge on any atom is 0.410 e. The van der Waals surface area contributed by atoms with Crippen molar-refractivity contribution in [3.63, 3.8) is 0 Å². The van der Waals surface area contributed by atoms with Crippen molar-refractivity contribution < 1.29 is 9.53 Å². The van der Waals surface area contributed by atoms with Crippen molar-refractivity contribution in [3.8, 4) is 0 Å². The molecule has 2 saturated heterocycles. The second-order valence-corrected chi connectivity index (χ2v) is 9.64. The van der Waals surface area contributed by atoms with Crippen molar-refractivity contribution in [2.24, 2.45) is 0 Å². The van der Waals surface area contributed by atoms with Crippen LogP contribution in [0.2, 0.25) is 0 Å². The van der Waals surface area contributed by atoms with Crippen molar-refractivity contribution in [2.45, 2.75) is 76.6 Å². The van der Waals surface area contributed by atoms with E-state index in [1.165, 1.54) is 30.5 Å². The number of hydrogen-bond donors (Lipinski definition) is 1. The number of nitrogens with one attached hydrogen (secondary N) is 1. The predicted octanol–water partition coefficient (Wildman–Crippen LogP) is 3.74. The van der Waals surface area contributed by atoms with Gasteiger partial charge in [-0.15, -0.1) is 0 Å². The second-order valence-electron chi connectivity index (χ2n) is 9.64. The molecule has 0 aromatic heterocycles. The zero-order chi connectivity index (χ0) is 19.7. The molecule has 2 fully saturated rings. The Morgan fingerprint density at radius 3 is 2.89 bits per heavy atom. The summed E-state index contributed by atoms with van der Waals surface area (Å²) in [6.45, 7) is 9.81. The highest BCUT2D eigenvalue weighted by atomic mass is 16.6. The Labute approximate surface area is 169 Å². The molecule has 5 heteroatoms. The molecule has 4 rings (SSSR count). The van der Waals surface area contributed by atoms with Crippen LogP contribution < -0.4 is 5.32 Å². The summed E-state index contributed by atoms with van der Waals surface area (Å²) in [5, 5.41) is 3.71. The first-order chi connectivity index (χ1) is 13.4. The molecule has 1 aliphatic carbocycles. The lowest BCUT2D eigenvalue weighted by Crippen LogP contribution is -2.58. The minimum absolute atomic E-state index is 0.109. The maximum absolute atomic E-state index is 13.2. The van der Waals surface area contributed by atoms with E-state index in [0.29, 0.717) is 18.6 Å². The zero-order valence-corrected chi connectivity index (χ0v) is 17.6. The van der Waals surface area contributed by atoms with Crippen LogP contribution in [-0.2, 0) is 11.2 Å². The molecule has 154 valence electrons. The number of amides is 1. The molecule has 1 aromatic rings. The van der Waals surface area contributed by atoms with Crippen LogP contribution in [0.25, 0.3) is 0 Å². The van der Waals surface area contributed by atoms with Gasteiger partial charge in [0, 0.05) is 31.7 Å². The largest absolute Gasteiger partial charge is 0.444 e. The molecule has 1 N–H and O–H groups in total. The molecule has 1 aromatic carbocycles. The number of carbonyl (C=O) groups excluding carboxylic acids is 1. The maximum atomic E-state index is 13.2. The number of rotatable bonds is 3. The molecule has 5 nitrogen and oxygen atoms in total. The highest BCUT2D eigenvalue weighted by molar-refractivity contribution is 5.69. The van der Waals surface area contributed by atoms with Crippen LogP contribution in [0.4, 0.5) is 4.79 Å². The monoisotopic (exact) mass is 385 g/mol. The van der Waals surface area contributed by atoms with Gasteiger partial charge in [0.05, 0.1) is 6.04 Å². The Balaban J connectivity index is 1.55. The Kier molecular flexibility index (Phi) is 5.66. The highest BCUT2D eigenvalue weighted by Gasteiger charge is 2.37. The lowest BCUT2D eigenvalue weighted by atomic mass is 9.86. The topological polar surface area (TPSA) is 44.8 Å². The van der Waals surface area contributed by atoms with Crippen LogP contribution in [0.3, 0.4) is 0 Å². The zero-order valence-electron chi connectivity index (χ0n) is 17.6. The Bertz CT molecular complexity index is 699. The molecule has 2 heterocycles. The van der Waals surface area contributed by atoms with Gasteiger partial charge >= 0.3 is 6.09 Å². The summed E-state index contributed by atoms with van der Waals surface area (Å²) in [7, 11) is 0. The number of aryl methyl sites for hydroxylation is 1. The van der Waals surface area contributed by atoms with E-state index in [2.05, 4.69) is 34.5 Å². The number of piperazine rings is 1. The van der Waals surface area contributed by atoms with Crippen LogP contribution in [0.5, 0.6) is 0 Å². The first-order valence-corrected chi connectivity index (χ1v) is 11.0. The third-order valence-corrected chi connectivity index (χ3v) is 6.36. The van der Waals surface area contributed by atoms with Gasteiger partial charge in [-0.3, -0.25) is 9.80 Å². The van der Waals surface area contributed by atoms with E-state index in [9.17, 15) is 4.79 Å². The van der Waals surface area contributed by atoms with Gasteiger partial charge in [-0.05, 0) is 70.5 Å². The summed E-state index contributed by atoms with van der Waals surface area (Å²) in [6.07, 6.45) is 5.64. The van der Waals surface area contributed by atoms with Crippen LogP contribution >= 0.6 is 0 Å². The van der Waals surface area contributed by atoms with E-state index in [4.69, 9.17) is 4.74 Å². The first-order valence-electron chi connectivity index (χ1n) is 11.0. The van der Waals surface area contributed by atoms with Gasteiger partial charge in [-0.2, -0.15) is 0 Å². The van der Waals surface area contributed by atoms with Gasteiger partial charge < -0.3 is 10.1 Å². The van der Waals surface area contributed by atoms with Crippen molar-refractivity contribution in [2.75, 3.05) is 26.2 Å². The third-order valence-electron chi connectivity index (χ3n) is 6.36. The fraction of sp³-hybridized carbons (Fsp3) is 0.696. The van der Waals surface area contributed by atoms with Crippen molar-refractivity contribution >= 4 is 6.09 Å². The van der Waals surface area contributed by atoms with E-state index in [1.807, 2.05) is 25.7 Å². The minimum atomic E-state index is -0.483. The predicted molar refractivity (Wildman–Crippen MR) is 111 cm³/mol. The van der Waals surface area contributed by atoms with Crippen LogP contribution in [0, 0.1) is 0 Å². The Hall–Kier alpha value is -1.59. The lowest BCUT2D eigenvalue weighted by Gasteiger charge is -2.42. The van der Waals surface area contributed by atoms with E-state index < -0.39 is 5.60 Å². The number of nitrogens with zero attached hydrogens (tertiary/aromatic N) is 2. The number of ether oxygens (including phenoxy) is 1. The van der Waals surface area contributed by atoms with Crippen molar-refractivity contribution in [3.05, 3.63) is 35.4 Å². The lowest BCUT2D eigenvalue weighted by molar-refractivity contribution is 0.00879. The molecule has 0 unspecified atom stereocenters. The van der Waals surface area contributed by atoms with Gasteiger partial charge in [0.25, 0.3) is 0 Å². The van der Waals surface area contributed by atoms with E-state index in [1.54, 1.807) is 0 Å². The summed E-state index contributed by atoms with van der Waals surface area (Å²) in [6, 6.07) is 9.70. The number of hydrogen-bond acceptors (Lipinski definition) is 4. The van der Waals surface area contributed by atoms with Gasteiger partial charge in [-0.25, -0.2) is 4.79 Å². The summed E-state index contributed by atoms with van der Waals surface area (Å²) in [4.78, 5) is 17.8. The number of carbonyl (C=O) groups is 1. The molecule has 2 aliphatic heterocycles. The van der Waals surface area contributed by atoms with Crippen LogP contribution in [0.15, 0.2) is 24.3 Å². The summed E-state index contributed by atoms with van der Waals surface area (Å²) in [5.74, 6) is 0. The normalized spacial score (nSPS) is 27.8. The SMILES string of the molecule is CC(C)(C)OC(=O)N(C[C@@H]1CN2CCC[C@@H]2CN1)[C@@H]1CCCc2ccccc21. The molecule has 28 heavy (non-hydrogen) atoms. The van der Waals surface area contributed by atoms with Crippen LogP contribution in [0.1, 0.15) is 63.6 Å². The summed E-state index contributed by atoms with van der Waals surface area (Å²) in [5.41, 5.74) is 2.20. The van der Waals surface area contributed by atoms with Crippen molar-refractivity contribution in [1.82, 2.24) is 15.1 Å². The Morgan fingerprint density at radius 2 is 2.07 bits per heavy atom. The van der Waals surface area contributed by atoms with Crippen molar-refractivity contribution in [1.29, 1.82) is 0 Å². The molecular formula is C23H35N3O2. The van der Waals surface area contributed by atoms with Gasteiger partial charge in [0.1, 0.15) is 5.60 Å². The quantitative estimate of drug-likeness (QED) is 0.861. The highest BCUT2D eigenvalue weighted by Crippen LogP contribution is 2.35. The summed E-state index contributed by atoms with van der Waals surface area (Å²) >= 11 is 0. The smallest absolute Gasteiger partial charge is 0.410 e. The standard InChI is InChI=1S/C23H35N3O2/c1-23(2,3)28-22(27)26(16-18-15-25-13-7-10-19(25)14-24-18)21-12-6-9-17-8-4-5-11-20(17)21/h4-5,8,11,18-19,21,24H,6-7,9-10,12-16H2,1-3H3/t18-,19+,21+/m0/s1. The van der Waals surface area contributed by atoms with Gasteiger partial charge in [-0.1, -0.05) is 24.3 Å². The summed E-state index contributed by atoms with van der Waals surface area (Å²) < 4.78 is 5.84. The molecule has 1 amide bonds. The fourth-order valence-corrected chi connectivity index (χ4v) is 5.08. The molecular weight excluding hydrogens is 350 g/mol.